The summed E-state index contributed by atoms with van der Waals surface area (Å²) in [6, 6.07) is 72.3. The van der Waals surface area contributed by atoms with Crippen molar-refractivity contribution in [3.05, 3.63) is 259 Å². The number of para-hydroxylation sites is 1. The number of benzene rings is 8. The van der Waals surface area contributed by atoms with E-state index in [0.717, 1.165) is 24.2 Å². The largest absolute Gasteiger partial charge is 0.311 e. The zero-order chi connectivity index (χ0) is 42.2. The Kier molecular flexibility index (Phi) is 8.60. The van der Waals surface area contributed by atoms with Gasteiger partial charge in [0, 0.05) is 65.5 Å². The van der Waals surface area contributed by atoms with Crippen molar-refractivity contribution in [1.82, 2.24) is 4.57 Å². The van der Waals surface area contributed by atoms with E-state index in [-0.39, 0.29) is 17.3 Å². The molecule has 0 amide bonds. The topological polar surface area (TPSA) is 8.17 Å². The molecule has 0 fully saturated rings. The fraction of sp³-hybridized carbons (Fsp3) is 0.0820. The van der Waals surface area contributed by atoms with Crippen LogP contribution in [0.2, 0.25) is 0 Å². The second kappa shape index (κ2) is 14.8. The predicted octanol–water partition coefficient (Wildman–Crippen LogP) is 16.4. The fourth-order valence-electron chi connectivity index (χ4n) is 11.4. The number of aromatic nitrogens is 1. The average Bonchev–Trinajstić information content (AvgIpc) is 4.01. The number of nitrogens with zero attached hydrogens (tertiary/aromatic N) is 2. The van der Waals surface area contributed by atoms with Crippen molar-refractivity contribution in [1.29, 1.82) is 0 Å². The minimum absolute atomic E-state index is 0.131. The van der Waals surface area contributed by atoms with Gasteiger partial charge in [-0.05, 0) is 101 Å². The van der Waals surface area contributed by atoms with Crippen LogP contribution in [0.3, 0.4) is 0 Å². The maximum absolute atomic E-state index is 2.60. The number of anilines is 2. The molecule has 10 aromatic rings. The van der Waals surface area contributed by atoms with Crippen molar-refractivity contribution in [3.63, 3.8) is 0 Å². The van der Waals surface area contributed by atoms with Crippen LogP contribution in [-0.4, -0.2) is 4.57 Å². The van der Waals surface area contributed by atoms with Gasteiger partial charge >= 0.3 is 0 Å². The first-order valence-electron chi connectivity index (χ1n) is 22.6. The molecule has 2 heterocycles. The van der Waals surface area contributed by atoms with Crippen molar-refractivity contribution in [2.75, 3.05) is 4.90 Å². The minimum atomic E-state index is -0.385. The van der Waals surface area contributed by atoms with Crippen LogP contribution in [0.25, 0.3) is 58.8 Å². The average molecular weight is 837 g/mol. The quantitative estimate of drug-likeness (QED) is 0.155. The monoisotopic (exact) mass is 836 g/mol. The summed E-state index contributed by atoms with van der Waals surface area (Å²) >= 11 is 1.92. The number of hydrogen-bond donors (Lipinski definition) is 0. The minimum Gasteiger partial charge on any atom is -0.311 e. The Morgan fingerprint density at radius 2 is 1.23 bits per heavy atom. The first-order chi connectivity index (χ1) is 31.8. The van der Waals surface area contributed by atoms with Crippen LogP contribution in [-0.2, 0) is 5.41 Å². The van der Waals surface area contributed by atoms with Gasteiger partial charge in [0.25, 0.3) is 0 Å². The first-order valence-corrected chi connectivity index (χ1v) is 23.4. The van der Waals surface area contributed by atoms with Crippen LogP contribution >= 0.6 is 11.3 Å². The molecule has 0 N–H and O–H groups in total. The van der Waals surface area contributed by atoms with Crippen LogP contribution in [0.4, 0.5) is 11.4 Å². The van der Waals surface area contributed by atoms with Gasteiger partial charge in [-0.15, -0.1) is 11.3 Å². The number of rotatable bonds is 7. The molecule has 0 saturated heterocycles. The first kappa shape index (κ1) is 37.1. The molecule has 2 atom stereocenters. The van der Waals surface area contributed by atoms with E-state index >= 15 is 0 Å². The molecular weight excluding hydrogens is 793 g/mol. The van der Waals surface area contributed by atoms with Gasteiger partial charge in [-0.1, -0.05) is 176 Å². The number of allylic oxidation sites excluding steroid dienone is 7. The summed E-state index contributed by atoms with van der Waals surface area (Å²) in [6.07, 6.45) is 16.6. The summed E-state index contributed by atoms with van der Waals surface area (Å²) in [5.74, 6) is 0.349. The Morgan fingerprint density at radius 1 is 0.547 bits per heavy atom. The van der Waals surface area contributed by atoms with Gasteiger partial charge in [-0.3, -0.25) is 0 Å². The summed E-state index contributed by atoms with van der Waals surface area (Å²) in [6.45, 7) is 0. The maximum atomic E-state index is 2.60. The van der Waals surface area contributed by atoms with Crippen LogP contribution in [0.5, 0.6) is 0 Å². The van der Waals surface area contributed by atoms with Crippen molar-refractivity contribution in [2.24, 2.45) is 5.92 Å². The number of thiophene rings is 1. The highest BCUT2D eigenvalue weighted by Gasteiger charge is 2.53. The molecule has 3 heteroatoms. The zero-order valence-electron chi connectivity index (χ0n) is 35.3. The second-order valence-corrected chi connectivity index (χ2v) is 18.5. The van der Waals surface area contributed by atoms with Gasteiger partial charge in [-0.2, -0.15) is 0 Å². The smallest absolute Gasteiger partial charge is 0.0555 e. The van der Waals surface area contributed by atoms with Crippen LogP contribution in [0.1, 0.15) is 41.0 Å². The molecule has 0 bridgehead atoms. The molecule has 0 saturated carbocycles. The lowest BCUT2D eigenvalue weighted by Gasteiger charge is -2.40. The molecule has 2 unspecified atom stereocenters. The third kappa shape index (κ3) is 5.57. The normalized spacial score (nSPS) is 17.4. The van der Waals surface area contributed by atoms with E-state index in [1.807, 2.05) is 11.3 Å². The van der Waals surface area contributed by atoms with Crippen LogP contribution in [0, 0.1) is 5.92 Å². The molecule has 64 heavy (non-hydrogen) atoms. The second-order valence-electron chi connectivity index (χ2n) is 17.5. The van der Waals surface area contributed by atoms with Crippen molar-refractivity contribution in [2.45, 2.75) is 24.2 Å². The van der Waals surface area contributed by atoms with E-state index < -0.39 is 0 Å². The molecule has 0 spiro atoms. The van der Waals surface area contributed by atoms with E-state index in [0.29, 0.717) is 0 Å². The Labute approximate surface area is 377 Å². The number of fused-ring (bicyclic) bond motifs is 10. The molecule has 3 aliphatic carbocycles. The van der Waals surface area contributed by atoms with Crippen molar-refractivity contribution in [3.8, 4) is 11.1 Å². The van der Waals surface area contributed by atoms with Gasteiger partial charge in [-0.25, -0.2) is 0 Å². The SMILES string of the molecule is C1=CC(n2c3ccccc3c3c4sc5ccc(N(C6=CC7C(C=C6)c6ccccc6C7(c6ccccc6)c6ccccc6)c6ccc(-c7ccccc7)cc6)cc5c4ccc32)=CCC1. The predicted molar refractivity (Wildman–Crippen MR) is 272 cm³/mol. The van der Waals surface area contributed by atoms with Gasteiger partial charge < -0.3 is 9.47 Å². The molecule has 304 valence electrons. The van der Waals surface area contributed by atoms with Gasteiger partial charge in [0.05, 0.1) is 16.4 Å². The van der Waals surface area contributed by atoms with Gasteiger partial charge in [0.1, 0.15) is 0 Å². The van der Waals surface area contributed by atoms with E-state index in [1.165, 1.54) is 86.8 Å². The summed E-state index contributed by atoms with van der Waals surface area (Å²) in [7, 11) is 0. The molecule has 8 aromatic carbocycles. The molecule has 2 aromatic heterocycles. The molecule has 0 radical (unpaired) electrons. The van der Waals surface area contributed by atoms with Crippen LogP contribution < -0.4 is 4.90 Å². The molecule has 13 rings (SSSR count). The van der Waals surface area contributed by atoms with Crippen LogP contribution in [0.15, 0.2) is 236 Å². The van der Waals surface area contributed by atoms with E-state index in [9.17, 15) is 0 Å². The fourth-order valence-corrected chi connectivity index (χ4v) is 12.7. The lowest BCUT2D eigenvalue weighted by atomic mass is 9.63. The van der Waals surface area contributed by atoms with E-state index in [1.54, 1.807) is 0 Å². The Morgan fingerprint density at radius 3 is 2.00 bits per heavy atom. The Balaban J connectivity index is 1.02. The van der Waals surface area contributed by atoms with E-state index in [4.69, 9.17) is 0 Å². The molecule has 3 aliphatic rings. The molecular formula is C61H44N2S. The van der Waals surface area contributed by atoms with Crippen molar-refractivity contribution < 1.29 is 0 Å². The van der Waals surface area contributed by atoms with E-state index in [2.05, 4.69) is 240 Å². The lowest BCUT2D eigenvalue weighted by molar-refractivity contribution is 0.454. The molecule has 0 aliphatic heterocycles. The van der Waals surface area contributed by atoms with Crippen molar-refractivity contribution >= 4 is 70.4 Å². The summed E-state index contributed by atoms with van der Waals surface area (Å²) in [5, 5.41) is 5.23. The maximum Gasteiger partial charge on any atom is 0.0555 e. The summed E-state index contributed by atoms with van der Waals surface area (Å²) in [5.41, 5.74) is 14.7. The van der Waals surface area contributed by atoms with Gasteiger partial charge in [0.2, 0.25) is 0 Å². The zero-order valence-corrected chi connectivity index (χ0v) is 36.1. The molecule has 2 nitrogen and oxygen atoms in total. The summed E-state index contributed by atoms with van der Waals surface area (Å²) in [4.78, 5) is 2.50. The highest BCUT2D eigenvalue weighted by molar-refractivity contribution is 7.26. The third-order valence-electron chi connectivity index (χ3n) is 14.2. The highest BCUT2D eigenvalue weighted by atomic mass is 32.1. The Bertz CT molecular complexity index is 3510. The standard InChI is InChI=1S/C61H44N2S/c1-5-17-41(18-6-1)42-29-31-46(32-30-42)62(48-33-35-50-49-25-13-15-27-54(49)61(55(50)40-48,43-19-7-2-8-20-43)44-21-9-3-10-22-44)47-34-38-58-53(39-47)51-36-37-57-59(60(51)64-58)52-26-14-16-28-56(52)63(57)45-23-11-4-12-24-45/h1-3,5-11,13-40,50,55H,4,12H2. The third-order valence-corrected chi connectivity index (χ3v) is 15.4. The highest BCUT2D eigenvalue weighted by Crippen LogP contribution is 2.60. The lowest BCUT2D eigenvalue weighted by Crippen LogP contribution is -2.36. The summed E-state index contributed by atoms with van der Waals surface area (Å²) < 4.78 is 5.11. The van der Waals surface area contributed by atoms with Gasteiger partial charge in [0.15, 0.2) is 0 Å². The Hall–Kier alpha value is -7.46. The number of hydrogen-bond acceptors (Lipinski definition) is 2.